The van der Waals surface area contributed by atoms with Crippen molar-refractivity contribution in [2.24, 2.45) is 0 Å². The van der Waals surface area contributed by atoms with Gasteiger partial charge in [0.25, 0.3) is 5.91 Å². The minimum Gasteiger partial charge on any atom is -0.497 e. The second kappa shape index (κ2) is 14.0. The van der Waals surface area contributed by atoms with Crippen molar-refractivity contribution < 1.29 is 23.7 Å². The summed E-state index contributed by atoms with van der Waals surface area (Å²) in [7, 11) is 3.29. The molecular formula is C38H37N3O6. The molecule has 0 bridgehead atoms. The molecule has 5 aromatic rings. The number of hydrogen-bond donors (Lipinski definition) is 1. The van der Waals surface area contributed by atoms with Gasteiger partial charge < -0.3 is 24.3 Å². The van der Waals surface area contributed by atoms with Crippen LogP contribution in [0.5, 0.6) is 11.5 Å². The van der Waals surface area contributed by atoms with Gasteiger partial charge in [0.15, 0.2) is 0 Å². The number of nitrogens with one attached hydrogen (secondary N) is 1. The monoisotopic (exact) mass is 631 g/mol. The zero-order chi connectivity index (χ0) is 32.8. The highest BCUT2D eigenvalue weighted by atomic mass is 16.6. The van der Waals surface area contributed by atoms with Crippen LogP contribution in [0.2, 0.25) is 0 Å². The van der Waals surface area contributed by atoms with Crippen molar-refractivity contribution in [3.05, 3.63) is 154 Å². The van der Waals surface area contributed by atoms with Crippen LogP contribution < -0.4 is 20.5 Å². The molecular weight excluding hydrogens is 594 g/mol. The molecule has 0 unspecified atom stereocenters. The fourth-order valence-electron chi connectivity index (χ4n) is 5.97. The number of nitrogens with zero attached hydrogens (tertiary/aromatic N) is 2. The van der Waals surface area contributed by atoms with Crippen LogP contribution in [0.1, 0.15) is 51.7 Å². The molecule has 1 aliphatic heterocycles. The summed E-state index contributed by atoms with van der Waals surface area (Å²) < 4.78 is 25.8. The second-order valence-electron chi connectivity index (χ2n) is 11.4. The number of benzene rings is 4. The highest BCUT2D eigenvalue weighted by Crippen LogP contribution is 2.42. The zero-order valence-electron chi connectivity index (χ0n) is 26.6. The summed E-state index contributed by atoms with van der Waals surface area (Å²) in [6.45, 7) is 2.06. The number of aromatic nitrogens is 2. The lowest BCUT2D eigenvalue weighted by molar-refractivity contribution is -0.0773. The molecule has 0 radical (unpaired) electrons. The van der Waals surface area contributed by atoms with Crippen molar-refractivity contribution in [2.75, 3.05) is 26.1 Å². The lowest BCUT2D eigenvalue weighted by Gasteiger charge is -2.37. The van der Waals surface area contributed by atoms with E-state index in [0.717, 1.165) is 28.2 Å². The van der Waals surface area contributed by atoms with Gasteiger partial charge in [-0.25, -0.2) is 4.79 Å². The summed E-state index contributed by atoms with van der Waals surface area (Å²) in [6, 6.07) is 34.6. The van der Waals surface area contributed by atoms with E-state index in [0.29, 0.717) is 24.0 Å². The highest BCUT2D eigenvalue weighted by Gasteiger charge is 2.40. The normalized spacial score (nSPS) is 16.1. The number of anilines is 1. The Morgan fingerprint density at radius 2 is 1.38 bits per heavy atom. The smallest absolute Gasteiger partial charge is 0.351 e. The molecule has 1 N–H and O–H groups in total. The number of amides is 1. The van der Waals surface area contributed by atoms with Gasteiger partial charge in [-0.2, -0.15) is 4.98 Å². The van der Waals surface area contributed by atoms with Crippen LogP contribution in [0.4, 0.5) is 5.82 Å². The maximum Gasteiger partial charge on any atom is 0.351 e. The first-order chi connectivity index (χ1) is 22.9. The molecule has 1 aliphatic rings. The van der Waals surface area contributed by atoms with Crippen molar-refractivity contribution in [3.63, 3.8) is 0 Å². The molecule has 0 saturated carbocycles. The largest absolute Gasteiger partial charge is 0.497 e. The fourth-order valence-corrected chi connectivity index (χ4v) is 5.97. The molecule has 1 aromatic heterocycles. The van der Waals surface area contributed by atoms with Gasteiger partial charge >= 0.3 is 5.69 Å². The summed E-state index contributed by atoms with van der Waals surface area (Å²) in [6.07, 6.45) is 2.17. The molecule has 6 rings (SSSR count). The second-order valence-corrected chi connectivity index (χ2v) is 11.4. The van der Waals surface area contributed by atoms with Crippen LogP contribution in [0.15, 0.2) is 120 Å². The average molecular weight is 632 g/mol. The molecule has 0 aliphatic carbocycles. The molecule has 240 valence electrons. The Morgan fingerprint density at radius 1 is 0.830 bits per heavy atom. The predicted octanol–water partition coefficient (Wildman–Crippen LogP) is 6.51. The Labute approximate surface area is 273 Å². The summed E-state index contributed by atoms with van der Waals surface area (Å²) in [5.74, 6) is 1.38. The van der Waals surface area contributed by atoms with Gasteiger partial charge in [-0.1, -0.05) is 72.8 Å². The third-order valence-corrected chi connectivity index (χ3v) is 8.46. The number of carbonyl (C=O) groups is 1. The molecule has 47 heavy (non-hydrogen) atoms. The van der Waals surface area contributed by atoms with Gasteiger partial charge in [0, 0.05) is 17.3 Å². The lowest BCUT2D eigenvalue weighted by Crippen LogP contribution is -2.36. The van der Waals surface area contributed by atoms with Crippen molar-refractivity contribution in [2.45, 2.75) is 37.7 Å². The molecule has 2 atom stereocenters. The molecule has 0 spiro atoms. The molecule has 1 fully saturated rings. The minimum absolute atomic E-state index is 0.226. The van der Waals surface area contributed by atoms with Gasteiger partial charge in [0.2, 0.25) is 0 Å². The van der Waals surface area contributed by atoms with Crippen LogP contribution in [0.25, 0.3) is 0 Å². The first-order valence-corrected chi connectivity index (χ1v) is 15.5. The SMILES string of the molecule is COc1ccc(C(OC[C@@H]2CC[C@H](n3cc(C)c(NC(=O)c4ccccc4)nc3=O)O2)(c2ccccc2)c2ccc(OC)cc2)cc1. The maximum absolute atomic E-state index is 13.1. The number of aryl methyl sites for hydroxylation is 1. The first kappa shape index (κ1) is 31.7. The summed E-state index contributed by atoms with van der Waals surface area (Å²) in [4.78, 5) is 30.0. The van der Waals surface area contributed by atoms with E-state index in [1.807, 2.05) is 72.8 Å². The summed E-state index contributed by atoms with van der Waals surface area (Å²) in [5.41, 5.74) is 2.46. The van der Waals surface area contributed by atoms with E-state index in [1.165, 1.54) is 4.57 Å². The van der Waals surface area contributed by atoms with Crippen LogP contribution in [0, 0.1) is 6.92 Å². The molecule has 4 aromatic carbocycles. The Bertz CT molecular complexity index is 1810. The number of ether oxygens (including phenoxy) is 4. The van der Waals surface area contributed by atoms with Crippen LogP contribution in [-0.2, 0) is 15.1 Å². The van der Waals surface area contributed by atoms with Gasteiger partial charge in [-0.05, 0) is 72.9 Å². The molecule has 1 amide bonds. The quantitative estimate of drug-likeness (QED) is 0.166. The first-order valence-electron chi connectivity index (χ1n) is 15.5. The van der Waals surface area contributed by atoms with E-state index in [-0.39, 0.29) is 24.4 Å². The van der Waals surface area contributed by atoms with Crippen molar-refractivity contribution in [3.8, 4) is 11.5 Å². The fraction of sp³-hybridized carbons (Fsp3) is 0.237. The van der Waals surface area contributed by atoms with Crippen molar-refractivity contribution in [1.29, 1.82) is 0 Å². The predicted molar refractivity (Wildman–Crippen MR) is 179 cm³/mol. The Balaban J connectivity index is 1.26. The van der Waals surface area contributed by atoms with Gasteiger partial charge in [-0.3, -0.25) is 9.36 Å². The number of methoxy groups -OCH3 is 2. The van der Waals surface area contributed by atoms with E-state index in [9.17, 15) is 9.59 Å². The zero-order valence-corrected chi connectivity index (χ0v) is 26.6. The lowest BCUT2D eigenvalue weighted by atomic mass is 9.80. The Kier molecular flexibility index (Phi) is 9.47. The van der Waals surface area contributed by atoms with Crippen LogP contribution in [-0.4, -0.2) is 42.4 Å². The van der Waals surface area contributed by atoms with E-state index >= 15 is 0 Å². The highest BCUT2D eigenvalue weighted by molar-refractivity contribution is 6.04. The summed E-state index contributed by atoms with van der Waals surface area (Å²) in [5, 5.41) is 2.75. The van der Waals surface area contributed by atoms with Gasteiger partial charge in [0.05, 0.1) is 26.9 Å². The Morgan fingerprint density at radius 3 is 1.96 bits per heavy atom. The number of carbonyl (C=O) groups excluding carboxylic acids is 1. The Hall–Kier alpha value is -5.25. The van der Waals surface area contributed by atoms with Gasteiger partial charge in [-0.15, -0.1) is 0 Å². The maximum atomic E-state index is 13.1. The third kappa shape index (κ3) is 6.67. The topological polar surface area (TPSA) is 101 Å². The molecule has 9 nitrogen and oxygen atoms in total. The van der Waals surface area contributed by atoms with Crippen molar-refractivity contribution in [1.82, 2.24) is 9.55 Å². The van der Waals surface area contributed by atoms with Crippen LogP contribution >= 0.6 is 0 Å². The molecule has 1 saturated heterocycles. The van der Waals surface area contributed by atoms with Gasteiger partial charge in [0.1, 0.15) is 29.1 Å². The molecule has 2 heterocycles. The minimum atomic E-state index is -0.977. The molecule has 9 heteroatoms. The third-order valence-electron chi connectivity index (χ3n) is 8.46. The van der Waals surface area contributed by atoms with Crippen molar-refractivity contribution >= 4 is 11.7 Å². The van der Waals surface area contributed by atoms with E-state index < -0.39 is 17.5 Å². The number of rotatable bonds is 11. The van der Waals surface area contributed by atoms with E-state index in [1.54, 1.807) is 51.6 Å². The van der Waals surface area contributed by atoms with E-state index in [4.69, 9.17) is 18.9 Å². The summed E-state index contributed by atoms with van der Waals surface area (Å²) >= 11 is 0. The van der Waals surface area contributed by atoms with Crippen LogP contribution in [0.3, 0.4) is 0 Å². The van der Waals surface area contributed by atoms with E-state index in [2.05, 4.69) is 22.4 Å². The average Bonchev–Trinajstić information content (AvgIpc) is 3.60. The standard InChI is InChI=1S/C38H37N3O6/c1-26-24-41(37(43)40-35(26)39-36(42)27-10-6-4-7-11-27)34-23-22-33(47-34)25-46-38(28-12-8-5-9-13-28,29-14-18-31(44-2)19-15-29)30-16-20-32(45-3)21-17-30/h4-21,24,33-34H,22-23,25H2,1-3H3,(H,39,40,42,43)/t33-,34+/m0/s1. The number of hydrogen-bond acceptors (Lipinski definition) is 7.